The Morgan fingerprint density at radius 2 is 2.10 bits per heavy atom. The van der Waals surface area contributed by atoms with Crippen LogP contribution < -0.4 is 11.1 Å². The largest absolute Gasteiger partial charge is 0.325 e. The van der Waals surface area contributed by atoms with Gasteiger partial charge in [0.2, 0.25) is 5.91 Å². The van der Waals surface area contributed by atoms with Crippen LogP contribution in [0, 0.1) is 5.92 Å². The van der Waals surface area contributed by atoms with Crippen LogP contribution in [0.1, 0.15) is 19.4 Å². The Labute approximate surface area is 131 Å². The molecule has 2 rings (SSSR count). The molecule has 1 atom stereocenters. The maximum atomic E-state index is 12.0. The molecule has 1 aromatic carbocycles. The van der Waals surface area contributed by atoms with Gasteiger partial charge in [0.1, 0.15) is 0 Å². The van der Waals surface area contributed by atoms with Crippen molar-refractivity contribution in [3.8, 4) is 0 Å². The second-order valence-corrected chi connectivity index (χ2v) is 7.07. The van der Waals surface area contributed by atoms with Gasteiger partial charge in [-0.25, -0.2) is 0 Å². The molecule has 21 heavy (non-hydrogen) atoms. The quantitative estimate of drug-likeness (QED) is 0.875. The third-order valence-electron chi connectivity index (χ3n) is 3.73. The fourth-order valence-electron chi connectivity index (χ4n) is 2.29. The van der Waals surface area contributed by atoms with Crippen molar-refractivity contribution in [2.45, 2.75) is 26.4 Å². The molecule has 1 amide bonds. The van der Waals surface area contributed by atoms with E-state index in [2.05, 4.69) is 16.3 Å². The van der Waals surface area contributed by atoms with Crippen molar-refractivity contribution in [1.82, 2.24) is 4.90 Å². The molecular weight excluding hydrogens is 282 g/mol. The number of rotatable bonds is 5. The van der Waals surface area contributed by atoms with Gasteiger partial charge < -0.3 is 11.1 Å². The summed E-state index contributed by atoms with van der Waals surface area (Å²) < 4.78 is 0. The number of anilines is 1. The van der Waals surface area contributed by atoms with Gasteiger partial charge in [-0.2, -0.15) is 11.8 Å². The van der Waals surface area contributed by atoms with Crippen molar-refractivity contribution in [3.05, 3.63) is 29.8 Å². The van der Waals surface area contributed by atoms with Crippen molar-refractivity contribution in [3.63, 3.8) is 0 Å². The Kier molecular flexibility index (Phi) is 6.08. The van der Waals surface area contributed by atoms with Crippen LogP contribution in [0.25, 0.3) is 0 Å². The molecule has 1 heterocycles. The first-order chi connectivity index (χ1) is 10.1. The second kappa shape index (κ2) is 7.82. The van der Waals surface area contributed by atoms with E-state index in [1.165, 1.54) is 17.1 Å². The van der Waals surface area contributed by atoms with Crippen LogP contribution in [0.5, 0.6) is 0 Å². The Hall–Kier alpha value is -1.04. The van der Waals surface area contributed by atoms with Gasteiger partial charge in [0.05, 0.1) is 6.04 Å². The maximum absolute atomic E-state index is 12.0. The average molecular weight is 307 g/mol. The number of thioether (sulfide) groups is 1. The summed E-state index contributed by atoms with van der Waals surface area (Å²) in [6.07, 6.45) is 0. The van der Waals surface area contributed by atoms with Crippen molar-refractivity contribution in [1.29, 1.82) is 0 Å². The first-order valence-electron chi connectivity index (χ1n) is 7.52. The highest BCUT2D eigenvalue weighted by Crippen LogP contribution is 2.16. The molecule has 1 aliphatic heterocycles. The minimum atomic E-state index is -0.465. The monoisotopic (exact) mass is 307 g/mol. The van der Waals surface area contributed by atoms with Crippen LogP contribution in [0.2, 0.25) is 0 Å². The Balaban J connectivity index is 1.95. The molecule has 1 aliphatic rings. The maximum Gasteiger partial charge on any atom is 0.241 e. The summed E-state index contributed by atoms with van der Waals surface area (Å²) in [5.74, 6) is 2.44. The fraction of sp³-hybridized carbons (Fsp3) is 0.562. The van der Waals surface area contributed by atoms with Gasteiger partial charge in [-0.3, -0.25) is 9.69 Å². The number of carbonyl (C=O) groups excluding carboxylic acids is 1. The van der Waals surface area contributed by atoms with Crippen LogP contribution in [-0.4, -0.2) is 41.4 Å². The van der Waals surface area contributed by atoms with E-state index in [-0.39, 0.29) is 11.8 Å². The Bertz CT molecular complexity index is 472. The molecule has 0 aliphatic carbocycles. The summed E-state index contributed by atoms with van der Waals surface area (Å²) in [6, 6.07) is 7.60. The summed E-state index contributed by atoms with van der Waals surface area (Å²) in [5.41, 5.74) is 7.94. The van der Waals surface area contributed by atoms with Gasteiger partial charge in [-0.15, -0.1) is 0 Å². The van der Waals surface area contributed by atoms with E-state index in [0.717, 1.165) is 25.3 Å². The zero-order valence-corrected chi connectivity index (χ0v) is 13.7. The lowest BCUT2D eigenvalue weighted by Gasteiger charge is -2.26. The fourth-order valence-corrected chi connectivity index (χ4v) is 3.27. The summed E-state index contributed by atoms with van der Waals surface area (Å²) in [5, 5.41) is 2.91. The van der Waals surface area contributed by atoms with E-state index in [0.29, 0.717) is 0 Å². The lowest BCUT2D eigenvalue weighted by Crippen LogP contribution is -2.39. The molecule has 116 valence electrons. The highest BCUT2D eigenvalue weighted by molar-refractivity contribution is 7.99. The molecule has 1 aromatic rings. The van der Waals surface area contributed by atoms with Gasteiger partial charge in [0.15, 0.2) is 0 Å². The predicted octanol–water partition coefficient (Wildman–Crippen LogP) is 2.16. The molecule has 0 bridgehead atoms. The summed E-state index contributed by atoms with van der Waals surface area (Å²) in [6.45, 7) is 7.13. The van der Waals surface area contributed by atoms with Crippen LogP contribution in [0.4, 0.5) is 5.69 Å². The van der Waals surface area contributed by atoms with E-state index < -0.39 is 6.04 Å². The summed E-state index contributed by atoms with van der Waals surface area (Å²) >= 11 is 2.01. The van der Waals surface area contributed by atoms with Crippen molar-refractivity contribution >= 4 is 23.4 Å². The van der Waals surface area contributed by atoms with Gasteiger partial charge in [-0.05, 0) is 23.6 Å². The minimum absolute atomic E-state index is 0.114. The smallest absolute Gasteiger partial charge is 0.241 e. The van der Waals surface area contributed by atoms with E-state index in [9.17, 15) is 4.79 Å². The zero-order valence-electron chi connectivity index (χ0n) is 12.8. The number of hydrogen-bond acceptors (Lipinski definition) is 4. The number of hydrogen-bond donors (Lipinski definition) is 2. The summed E-state index contributed by atoms with van der Waals surface area (Å²) in [7, 11) is 0. The zero-order chi connectivity index (χ0) is 15.2. The van der Waals surface area contributed by atoms with Crippen LogP contribution in [0.3, 0.4) is 0 Å². The van der Waals surface area contributed by atoms with Gasteiger partial charge >= 0.3 is 0 Å². The van der Waals surface area contributed by atoms with E-state index in [1.807, 2.05) is 43.8 Å². The molecular formula is C16H25N3OS. The molecule has 3 N–H and O–H groups in total. The molecule has 5 heteroatoms. The van der Waals surface area contributed by atoms with Crippen molar-refractivity contribution in [2.75, 3.05) is 29.9 Å². The lowest BCUT2D eigenvalue weighted by molar-refractivity contribution is -0.118. The van der Waals surface area contributed by atoms with Gasteiger partial charge in [0.25, 0.3) is 0 Å². The third-order valence-corrected chi connectivity index (χ3v) is 4.67. The lowest BCUT2D eigenvalue weighted by atomic mass is 10.0. The molecule has 1 fully saturated rings. The Morgan fingerprint density at radius 3 is 2.76 bits per heavy atom. The average Bonchev–Trinajstić information content (AvgIpc) is 2.47. The number of amides is 1. The number of nitrogens with one attached hydrogen (secondary N) is 1. The molecule has 0 saturated carbocycles. The topological polar surface area (TPSA) is 58.4 Å². The van der Waals surface area contributed by atoms with E-state index in [1.54, 1.807) is 0 Å². The minimum Gasteiger partial charge on any atom is -0.325 e. The normalized spacial score (nSPS) is 17.7. The molecule has 0 radical (unpaired) electrons. The van der Waals surface area contributed by atoms with Crippen molar-refractivity contribution < 1.29 is 4.79 Å². The number of benzene rings is 1. The highest BCUT2D eigenvalue weighted by atomic mass is 32.2. The standard InChI is InChI=1S/C16H25N3OS/c1-12(2)15(17)16(20)18-14-5-3-4-13(10-14)11-19-6-8-21-9-7-19/h3-5,10,12,15H,6-9,11,17H2,1-2H3,(H,18,20)/t15-/m0/s1. The molecule has 0 aromatic heterocycles. The number of nitrogens with two attached hydrogens (primary N) is 1. The number of nitrogens with zero attached hydrogens (tertiary/aromatic N) is 1. The van der Waals surface area contributed by atoms with Crippen LogP contribution in [0.15, 0.2) is 24.3 Å². The molecule has 0 spiro atoms. The summed E-state index contributed by atoms with van der Waals surface area (Å²) in [4.78, 5) is 14.5. The van der Waals surface area contributed by atoms with Gasteiger partial charge in [0, 0.05) is 36.8 Å². The predicted molar refractivity (Wildman–Crippen MR) is 90.5 cm³/mol. The second-order valence-electron chi connectivity index (χ2n) is 5.85. The molecule has 1 saturated heterocycles. The third kappa shape index (κ3) is 5.02. The first kappa shape index (κ1) is 16.3. The Morgan fingerprint density at radius 1 is 1.38 bits per heavy atom. The SMILES string of the molecule is CC(C)[C@H](N)C(=O)Nc1cccc(CN2CCSCC2)c1. The van der Waals surface area contributed by atoms with E-state index in [4.69, 9.17) is 5.73 Å². The van der Waals surface area contributed by atoms with Crippen LogP contribution in [-0.2, 0) is 11.3 Å². The van der Waals surface area contributed by atoms with Crippen LogP contribution >= 0.6 is 11.8 Å². The van der Waals surface area contributed by atoms with Crippen molar-refractivity contribution in [2.24, 2.45) is 11.7 Å². The molecule has 0 unspecified atom stereocenters. The number of carbonyl (C=O) groups is 1. The first-order valence-corrected chi connectivity index (χ1v) is 8.67. The molecule has 4 nitrogen and oxygen atoms in total. The van der Waals surface area contributed by atoms with Gasteiger partial charge in [-0.1, -0.05) is 26.0 Å². The highest BCUT2D eigenvalue weighted by Gasteiger charge is 2.17. The van der Waals surface area contributed by atoms with E-state index >= 15 is 0 Å².